The fourth-order valence-electron chi connectivity index (χ4n) is 2.97. The van der Waals surface area contributed by atoms with Gasteiger partial charge in [-0.25, -0.2) is 9.37 Å². The van der Waals surface area contributed by atoms with Crippen molar-refractivity contribution in [3.8, 4) is 11.3 Å². The lowest BCUT2D eigenvalue weighted by atomic mass is 10.0. The highest BCUT2D eigenvalue weighted by Crippen LogP contribution is 2.27. The largest absolute Gasteiger partial charge is 0.344 e. The summed E-state index contributed by atoms with van der Waals surface area (Å²) in [6, 6.07) is 13.1. The molecule has 0 saturated carbocycles. The summed E-state index contributed by atoms with van der Waals surface area (Å²) < 4.78 is 13.5. The molecule has 0 bridgehead atoms. The van der Waals surface area contributed by atoms with Crippen LogP contribution in [0.3, 0.4) is 0 Å². The number of benzene rings is 2. The standard InChI is InChI=1S/C22H18BrCl2FN2O/c1-12-7-16(26)4-5-17(12)20-8-14(11-23)9-21(28-20)22(29)27-13(2)15-3-6-18(24)19(25)10-15/h3-10,13H,11H2,1-2H3,(H,27,29)/t13-/m1/s1. The average molecular weight is 496 g/mol. The van der Waals surface area contributed by atoms with Crippen molar-refractivity contribution in [3.63, 3.8) is 0 Å². The fourth-order valence-corrected chi connectivity index (χ4v) is 3.60. The zero-order valence-corrected chi connectivity index (χ0v) is 18.9. The third-order valence-electron chi connectivity index (χ3n) is 4.53. The molecule has 0 fully saturated rings. The first-order valence-corrected chi connectivity index (χ1v) is 10.8. The molecule has 3 nitrogen and oxygen atoms in total. The van der Waals surface area contributed by atoms with Gasteiger partial charge in [0.2, 0.25) is 0 Å². The fraction of sp³-hybridized carbons (Fsp3) is 0.182. The lowest BCUT2D eigenvalue weighted by Crippen LogP contribution is -2.27. The van der Waals surface area contributed by atoms with Crippen LogP contribution in [0.5, 0.6) is 0 Å². The molecular weight excluding hydrogens is 478 g/mol. The van der Waals surface area contributed by atoms with Crippen LogP contribution in [-0.4, -0.2) is 10.9 Å². The predicted molar refractivity (Wildman–Crippen MR) is 119 cm³/mol. The van der Waals surface area contributed by atoms with Gasteiger partial charge in [0.25, 0.3) is 5.91 Å². The van der Waals surface area contributed by atoms with Crippen molar-refractivity contribution >= 4 is 45.0 Å². The van der Waals surface area contributed by atoms with Crippen LogP contribution in [0.4, 0.5) is 4.39 Å². The number of hydrogen-bond acceptors (Lipinski definition) is 2. The molecule has 1 heterocycles. The van der Waals surface area contributed by atoms with E-state index in [0.29, 0.717) is 21.1 Å². The molecule has 1 amide bonds. The summed E-state index contributed by atoms with van der Waals surface area (Å²) in [6.07, 6.45) is 0. The second-order valence-corrected chi connectivity index (χ2v) is 8.08. The molecular formula is C22H18BrCl2FN2O. The number of aryl methyl sites for hydroxylation is 1. The zero-order valence-electron chi connectivity index (χ0n) is 15.8. The normalized spacial score (nSPS) is 11.9. The van der Waals surface area contributed by atoms with Gasteiger partial charge in [0, 0.05) is 10.9 Å². The maximum Gasteiger partial charge on any atom is 0.270 e. The smallest absolute Gasteiger partial charge is 0.270 e. The number of carbonyl (C=O) groups is 1. The lowest BCUT2D eigenvalue weighted by Gasteiger charge is -2.16. The second kappa shape index (κ2) is 9.24. The summed E-state index contributed by atoms with van der Waals surface area (Å²) in [4.78, 5) is 17.4. The van der Waals surface area contributed by atoms with Gasteiger partial charge in [-0.05, 0) is 73.0 Å². The molecule has 3 rings (SSSR count). The number of carbonyl (C=O) groups excluding carboxylic acids is 1. The van der Waals surface area contributed by atoms with Crippen LogP contribution in [0.25, 0.3) is 11.3 Å². The second-order valence-electron chi connectivity index (χ2n) is 6.71. The molecule has 0 aliphatic heterocycles. The maximum absolute atomic E-state index is 13.5. The minimum Gasteiger partial charge on any atom is -0.344 e. The number of aromatic nitrogens is 1. The molecule has 7 heteroatoms. The van der Waals surface area contributed by atoms with Gasteiger partial charge in [0.15, 0.2) is 0 Å². The van der Waals surface area contributed by atoms with Crippen molar-refractivity contribution in [2.45, 2.75) is 25.2 Å². The molecule has 0 spiro atoms. The topological polar surface area (TPSA) is 42.0 Å². The van der Waals surface area contributed by atoms with Crippen molar-refractivity contribution in [2.75, 3.05) is 0 Å². The first kappa shape index (κ1) is 21.8. The molecule has 0 unspecified atom stereocenters. The molecule has 2 aromatic carbocycles. The van der Waals surface area contributed by atoms with E-state index in [1.165, 1.54) is 12.1 Å². The summed E-state index contributed by atoms with van der Waals surface area (Å²) in [5, 5.41) is 4.38. The number of amides is 1. The highest BCUT2D eigenvalue weighted by molar-refractivity contribution is 9.08. The van der Waals surface area contributed by atoms with Gasteiger partial charge in [0.05, 0.1) is 21.8 Å². The molecule has 1 N–H and O–H groups in total. The Morgan fingerprint density at radius 1 is 1.14 bits per heavy atom. The average Bonchev–Trinajstić information content (AvgIpc) is 2.69. The van der Waals surface area contributed by atoms with Crippen LogP contribution in [0, 0.1) is 12.7 Å². The lowest BCUT2D eigenvalue weighted by molar-refractivity contribution is 0.0935. The van der Waals surface area contributed by atoms with Crippen LogP contribution in [0.1, 0.15) is 40.1 Å². The summed E-state index contributed by atoms with van der Waals surface area (Å²) in [5.74, 6) is -0.622. The Kier molecular flexibility index (Phi) is 6.93. The maximum atomic E-state index is 13.5. The van der Waals surface area contributed by atoms with Crippen molar-refractivity contribution in [1.82, 2.24) is 10.3 Å². The Morgan fingerprint density at radius 3 is 2.55 bits per heavy atom. The quantitative estimate of drug-likeness (QED) is 0.391. The van der Waals surface area contributed by atoms with E-state index in [4.69, 9.17) is 23.2 Å². The Balaban J connectivity index is 1.91. The van der Waals surface area contributed by atoms with Gasteiger partial charge in [-0.3, -0.25) is 4.79 Å². The van der Waals surface area contributed by atoms with E-state index in [9.17, 15) is 9.18 Å². The van der Waals surface area contributed by atoms with Crippen LogP contribution in [-0.2, 0) is 5.33 Å². The monoisotopic (exact) mass is 494 g/mol. The van der Waals surface area contributed by atoms with E-state index in [-0.39, 0.29) is 23.5 Å². The van der Waals surface area contributed by atoms with Gasteiger partial charge >= 0.3 is 0 Å². The van der Waals surface area contributed by atoms with E-state index in [1.807, 2.05) is 26.0 Å². The summed E-state index contributed by atoms with van der Waals surface area (Å²) >= 11 is 15.5. The van der Waals surface area contributed by atoms with E-state index in [2.05, 4.69) is 26.2 Å². The summed E-state index contributed by atoms with van der Waals surface area (Å²) in [7, 11) is 0. The molecule has 0 aliphatic rings. The van der Waals surface area contributed by atoms with E-state index < -0.39 is 0 Å². The van der Waals surface area contributed by atoms with E-state index >= 15 is 0 Å². The Morgan fingerprint density at radius 2 is 1.90 bits per heavy atom. The first-order chi connectivity index (χ1) is 13.8. The number of nitrogens with zero attached hydrogens (tertiary/aromatic N) is 1. The third-order valence-corrected chi connectivity index (χ3v) is 5.91. The highest BCUT2D eigenvalue weighted by atomic mass is 79.9. The zero-order chi connectivity index (χ0) is 21.1. The molecule has 0 radical (unpaired) electrons. The molecule has 1 aromatic heterocycles. The van der Waals surface area contributed by atoms with Gasteiger partial charge in [-0.15, -0.1) is 0 Å². The summed E-state index contributed by atoms with van der Waals surface area (Å²) in [5.41, 5.74) is 4.16. The number of hydrogen-bond donors (Lipinski definition) is 1. The van der Waals surface area contributed by atoms with Crippen LogP contribution in [0.2, 0.25) is 10.0 Å². The van der Waals surface area contributed by atoms with E-state index in [1.54, 1.807) is 24.3 Å². The minimum absolute atomic E-state index is 0.285. The number of nitrogens with one attached hydrogen (secondary N) is 1. The van der Waals surface area contributed by atoms with Crippen molar-refractivity contribution < 1.29 is 9.18 Å². The third kappa shape index (κ3) is 5.16. The molecule has 0 aliphatic carbocycles. The molecule has 3 aromatic rings. The van der Waals surface area contributed by atoms with Crippen molar-refractivity contribution in [3.05, 3.63) is 86.8 Å². The first-order valence-electron chi connectivity index (χ1n) is 8.87. The van der Waals surface area contributed by atoms with Gasteiger partial charge in [0.1, 0.15) is 11.5 Å². The van der Waals surface area contributed by atoms with Crippen LogP contribution in [0.15, 0.2) is 48.5 Å². The van der Waals surface area contributed by atoms with Crippen molar-refractivity contribution in [2.24, 2.45) is 0 Å². The predicted octanol–water partition coefficient (Wildman–Crippen LogP) is 6.89. The van der Waals surface area contributed by atoms with Crippen LogP contribution >= 0.6 is 39.1 Å². The van der Waals surface area contributed by atoms with Gasteiger partial charge < -0.3 is 5.32 Å². The Hall–Kier alpha value is -1.95. The number of pyridine rings is 1. The van der Waals surface area contributed by atoms with Crippen molar-refractivity contribution in [1.29, 1.82) is 0 Å². The minimum atomic E-state index is -0.313. The number of alkyl halides is 1. The van der Waals surface area contributed by atoms with Gasteiger partial charge in [-0.1, -0.05) is 45.2 Å². The molecule has 150 valence electrons. The van der Waals surface area contributed by atoms with E-state index in [0.717, 1.165) is 22.3 Å². The Labute approximate surface area is 187 Å². The number of rotatable bonds is 5. The highest BCUT2D eigenvalue weighted by Gasteiger charge is 2.16. The number of halogens is 4. The summed E-state index contributed by atoms with van der Waals surface area (Å²) in [6.45, 7) is 3.67. The Bertz CT molecular complexity index is 1070. The van der Waals surface area contributed by atoms with Gasteiger partial charge in [-0.2, -0.15) is 0 Å². The molecule has 29 heavy (non-hydrogen) atoms. The van der Waals surface area contributed by atoms with Crippen LogP contribution < -0.4 is 5.32 Å². The molecule has 0 saturated heterocycles. The molecule has 1 atom stereocenters. The SMILES string of the molecule is Cc1cc(F)ccc1-c1cc(CBr)cc(C(=O)N[C@H](C)c2ccc(Cl)c(Cl)c2)n1.